The number of nitrogens with zero attached hydrogens (tertiary/aromatic N) is 2. The van der Waals surface area contributed by atoms with Crippen molar-refractivity contribution in [2.45, 2.75) is 45.6 Å². The Labute approximate surface area is 151 Å². The first-order valence-corrected chi connectivity index (χ1v) is 9.58. The van der Waals surface area contributed by atoms with E-state index < -0.39 is 0 Å². The first kappa shape index (κ1) is 18.1. The van der Waals surface area contributed by atoms with Crippen LogP contribution in [-0.4, -0.2) is 48.8 Å². The van der Waals surface area contributed by atoms with Crippen molar-refractivity contribution in [2.24, 2.45) is 5.41 Å². The lowest BCUT2D eigenvalue weighted by atomic mass is 9.83. The minimum Gasteiger partial charge on any atom is -0.396 e. The molecule has 0 aliphatic carbocycles. The molecule has 0 saturated carbocycles. The second kappa shape index (κ2) is 8.09. The lowest BCUT2D eigenvalue weighted by Crippen LogP contribution is -2.49. The number of benzene rings is 1. The minimum absolute atomic E-state index is 0.0205. The Bertz CT molecular complexity index is 586. The zero-order chi connectivity index (χ0) is 17.7. The molecule has 0 radical (unpaired) electrons. The summed E-state index contributed by atoms with van der Waals surface area (Å²) in [6.07, 6.45) is 5.73. The summed E-state index contributed by atoms with van der Waals surface area (Å²) >= 11 is 0. The Morgan fingerprint density at radius 3 is 2.68 bits per heavy atom. The lowest BCUT2D eigenvalue weighted by molar-refractivity contribution is 0.0614. The third-order valence-electron chi connectivity index (χ3n) is 5.57. The summed E-state index contributed by atoms with van der Waals surface area (Å²) < 4.78 is 0. The Balaban J connectivity index is 1.60. The van der Waals surface area contributed by atoms with Gasteiger partial charge in [0.25, 0.3) is 0 Å². The number of carbonyl (C=O) groups excluding carboxylic acids is 1. The van der Waals surface area contributed by atoms with Crippen molar-refractivity contribution in [3.05, 3.63) is 29.8 Å². The molecule has 1 aromatic rings. The van der Waals surface area contributed by atoms with Crippen LogP contribution in [0.4, 0.5) is 10.5 Å². The molecule has 5 heteroatoms. The summed E-state index contributed by atoms with van der Waals surface area (Å²) in [6, 6.07) is 8.37. The van der Waals surface area contributed by atoms with Gasteiger partial charge in [-0.3, -0.25) is 0 Å². The predicted molar refractivity (Wildman–Crippen MR) is 101 cm³/mol. The lowest BCUT2D eigenvalue weighted by Gasteiger charge is -2.39. The van der Waals surface area contributed by atoms with Crippen LogP contribution in [0, 0.1) is 5.41 Å². The summed E-state index contributed by atoms with van der Waals surface area (Å²) in [6.45, 7) is 6.35. The van der Waals surface area contributed by atoms with Crippen molar-refractivity contribution in [3.8, 4) is 0 Å². The number of likely N-dealkylation sites (tertiary alicyclic amines) is 1. The third-order valence-corrected chi connectivity index (χ3v) is 5.57. The third kappa shape index (κ3) is 4.46. The van der Waals surface area contributed by atoms with Gasteiger partial charge >= 0.3 is 6.03 Å². The minimum atomic E-state index is -0.165. The van der Waals surface area contributed by atoms with Gasteiger partial charge in [-0.15, -0.1) is 0 Å². The predicted octanol–water partition coefficient (Wildman–Crippen LogP) is 2.98. The standard InChI is InChI=1S/C20H31N3O2/c1-20(16-24)10-7-13-23(15-20)19(25)21-14-17-8-3-4-9-18(17)22-11-5-2-6-12-22/h3-4,8-9,24H,2,5-7,10-16H2,1H3,(H,21,25). The SMILES string of the molecule is CC1(CO)CCCN(C(=O)NCc2ccccc2N2CCCCC2)C1. The van der Waals surface area contributed by atoms with Gasteiger partial charge in [0.15, 0.2) is 0 Å². The Hall–Kier alpha value is -1.75. The molecule has 2 aliphatic rings. The first-order chi connectivity index (χ1) is 12.1. The van der Waals surface area contributed by atoms with E-state index in [4.69, 9.17) is 0 Å². The number of hydrogen-bond donors (Lipinski definition) is 2. The summed E-state index contributed by atoms with van der Waals surface area (Å²) in [7, 11) is 0. The number of hydrogen-bond acceptors (Lipinski definition) is 3. The highest BCUT2D eigenvalue weighted by atomic mass is 16.3. The number of urea groups is 1. The van der Waals surface area contributed by atoms with Crippen molar-refractivity contribution in [2.75, 3.05) is 37.7 Å². The van der Waals surface area contributed by atoms with Gasteiger partial charge in [0.2, 0.25) is 0 Å². The van der Waals surface area contributed by atoms with E-state index in [0.717, 1.165) is 32.5 Å². The molecular weight excluding hydrogens is 314 g/mol. The van der Waals surface area contributed by atoms with E-state index >= 15 is 0 Å². The van der Waals surface area contributed by atoms with Gasteiger partial charge in [-0.25, -0.2) is 4.79 Å². The number of rotatable bonds is 4. The average molecular weight is 345 g/mol. The number of aliphatic hydroxyl groups excluding tert-OH is 1. The first-order valence-electron chi connectivity index (χ1n) is 9.58. The second-order valence-corrected chi connectivity index (χ2v) is 7.83. The quantitative estimate of drug-likeness (QED) is 0.882. The average Bonchev–Trinajstić information content (AvgIpc) is 2.67. The van der Waals surface area contributed by atoms with Crippen LogP contribution in [0.5, 0.6) is 0 Å². The van der Waals surface area contributed by atoms with E-state index in [2.05, 4.69) is 35.3 Å². The van der Waals surface area contributed by atoms with E-state index in [1.807, 2.05) is 11.0 Å². The van der Waals surface area contributed by atoms with E-state index in [9.17, 15) is 9.90 Å². The molecule has 5 nitrogen and oxygen atoms in total. The molecule has 1 atom stereocenters. The highest BCUT2D eigenvalue weighted by Crippen LogP contribution is 2.29. The van der Waals surface area contributed by atoms with Crippen molar-refractivity contribution in [1.82, 2.24) is 10.2 Å². The molecule has 25 heavy (non-hydrogen) atoms. The number of piperidine rings is 2. The van der Waals surface area contributed by atoms with Crippen molar-refractivity contribution in [3.63, 3.8) is 0 Å². The maximum Gasteiger partial charge on any atom is 0.317 e. The number of aliphatic hydroxyl groups is 1. The molecule has 2 aliphatic heterocycles. The number of nitrogens with one attached hydrogen (secondary N) is 1. The maximum atomic E-state index is 12.6. The van der Waals surface area contributed by atoms with Crippen LogP contribution < -0.4 is 10.2 Å². The summed E-state index contributed by atoms with van der Waals surface area (Å²) in [5, 5.41) is 12.7. The summed E-state index contributed by atoms with van der Waals surface area (Å²) in [5.41, 5.74) is 2.27. The van der Waals surface area contributed by atoms with Crippen LogP contribution in [0.15, 0.2) is 24.3 Å². The van der Waals surface area contributed by atoms with Crippen LogP contribution >= 0.6 is 0 Å². The smallest absolute Gasteiger partial charge is 0.317 e. The number of amides is 2. The highest BCUT2D eigenvalue weighted by Gasteiger charge is 2.32. The number of anilines is 1. The Morgan fingerprint density at radius 2 is 1.92 bits per heavy atom. The van der Waals surface area contributed by atoms with Gasteiger partial charge < -0.3 is 20.2 Å². The fourth-order valence-corrected chi connectivity index (χ4v) is 4.00. The molecule has 2 N–H and O–H groups in total. The molecule has 2 fully saturated rings. The monoisotopic (exact) mass is 345 g/mol. The van der Waals surface area contributed by atoms with E-state index in [-0.39, 0.29) is 18.1 Å². The van der Waals surface area contributed by atoms with Crippen LogP contribution in [-0.2, 0) is 6.54 Å². The molecule has 2 amide bonds. The van der Waals surface area contributed by atoms with Crippen molar-refractivity contribution < 1.29 is 9.90 Å². The van der Waals surface area contributed by atoms with Gasteiger partial charge in [-0.1, -0.05) is 25.1 Å². The fraction of sp³-hybridized carbons (Fsp3) is 0.650. The topological polar surface area (TPSA) is 55.8 Å². The van der Waals surface area contributed by atoms with Crippen molar-refractivity contribution in [1.29, 1.82) is 0 Å². The molecule has 138 valence electrons. The number of carbonyl (C=O) groups is 1. The zero-order valence-corrected chi connectivity index (χ0v) is 15.3. The maximum absolute atomic E-state index is 12.6. The molecular formula is C20H31N3O2. The van der Waals surface area contributed by atoms with Crippen LogP contribution in [0.2, 0.25) is 0 Å². The van der Waals surface area contributed by atoms with Crippen LogP contribution in [0.1, 0.15) is 44.6 Å². The van der Waals surface area contributed by atoms with Crippen LogP contribution in [0.3, 0.4) is 0 Å². The van der Waals surface area contributed by atoms with Crippen molar-refractivity contribution >= 4 is 11.7 Å². The highest BCUT2D eigenvalue weighted by molar-refractivity contribution is 5.74. The molecule has 1 unspecified atom stereocenters. The normalized spacial score (nSPS) is 24.2. The molecule has 2 heterocycles. The largest absolute Gasteiger partial charge is 0.396 e. The Kier molecular flexibility index (Phi) is 5.84. The van der Waals surface area contributed by atoms with E-state index in [1.165, 1.54) is 30.5 Å². The molecule has 0 bridgehead atoms. The van der Waals surface area contributed by atoms with E-state index in [1.54, 1.807) is 0 Å². The van der Waals surface area contributed by atoms with Crippen LogP contribution in [0.25, 0.3) is 0 Å². The zero-order valence-electron chi connectivity index (χ0n) is 15.3. The Morgan fingerprint density at radius 1 is 1.16 bits per heavy atom. The molecule has 0 aromatic heterocycles. The summed E-state index contributed by atoms with van der Waals surface area (Å²) in [4.78, 5) is 16.9. The number of para-hydroxylation sites is 1. The fourth-order valence-electron chi connectivity index (χ4n) is 4.00. The molecule has 0 spiro atoms. The molecule has 3 rings (SSSR count). The van der Waals surface area contributed by atoms with Gasteiger partial charge in [-0.2, -0.15) is 0 Å². The summed E-state index contributed by atoms with van der Waals surface area (Å²) in [5.74, 6) is 0. The van der Waals surface area contributed by atoms with E-state index in [0.29, 0.717) is 13.1 Å². The van der Waals surface area contributed by atoms with Gasteiger partial charge in [0.05, 0.1) is 6.61 Å². The second-order valence-electron chi connectivity index (χ2n) is 7.83. The molecule has 2 saturated heterocycles. The van der Waals surface area contributed by atoms with Gasteiger partial charge in [-0.05, 0) is 43.7 Å². The van der Waals surface area contributed by atoms with Gasteiger partial charge in [0, 0.05) is 43.8 Å². The van der Waals surface area contributed by atoms with Gasteiger partial charge in [0.1, 0.15) is 0 Å². The molecule has 1 aromatic carbocycles.